The maximum absolute atomic E-state index is 9.10. The van der Waals surface area contributed by atoms with Gasteiger partial charge in [-0.3, -0.25) is 0 Å². The van der Waals surface area contributed by atoms with Gasteiger partial charge in [0.15, 0.2) is 0 Å². The van der Waals surface area contributed by atoms with Crippen LogP contribution in [0.5, 0.6) is 0 Å². The van der Waals surface area contributed by atoms with Gasteiger partial charge in [-0.25, -0.2) is 0 Å². The van der Waals surface area contributed by atoms with Gasteiger partial charge in [-0.1, -0.05) is 0 Å². The number of hydrogen-bond donors (Lipinski definition) is 0. The Bertz CT molecular complexity index is 20.0. The third-order valence-corrected chi connectivity index (χ3v) is 0.750. The van der Waals surface area contributed by atoms with Crippen LogP contribution in [0.2, 0.25) is 5.25 Å². The Balaban J connectivity index is 2.30. The quantitative estimate of drug-likeness (QED) is 0.398. The summed E-state index contributed by atoms with van der Waals surface area (Å²) < 4.78 is 0. The zero-order valence-corrected chi connectivity index (χ0v) is 6.81. The van der Waals surface area contributed by atoms with Crippen molar-refractivity contribution >= 4 is 22.8 Å². The van der Waals surface area contributed by atoms with Gasteiger partial charge in [-0.2, -0.15) is 0 Å². The Morgan fingerprint density at radius 1 is 2.00 bits per heavy atom. The summed E-state index contributed by atoms with van der Waals surface area (Å²) in [5.74, 6) is 0. The zero-order chi connectivity index (χ0) is 3.41. The zero-order valence-electron chi connectivity index (χ0n) is 2.62. The predicted octanol–water partition coefficient (Wildman–Crippen LogP) is -1.12. The Labute approximate surface area is 33.6 Å². The summed E-state index contributed by atoms with van der Waals surface area (Å²) in [6.45, 7) is 0. The molecule has 0 atom stereocenters. The van der Waals surface area contributed by atoms with Crippen molar-refractivity contribution in [1.29, 1.82) is 0 Å². The first kappa shape index (κ1) is 4.21. The molecule has 1 nitrogen and oxygen atoms in total. The fourth-order valence-corrected chi connectivity index (χ4v) is 0. The van der Waals surface area contributed by atoms with E-state index in [0.717, 1.165) is 0 Å². The summed E-state index contributed by atoms with van der Waals surface area (Å²) in [5, 5.41) is 0.701. The minimum absolute atomic E-state index is 0.689. The third kappa shape index (κ3) is 2.21. The van der Waals surface area contributed by atoms with E-state index in [2.05, 4.69) is 0 Å². The third-order valence-electron chi connectivity index (χ3n) is 0.144. The van der Waals surface area contributed by atoms with Gasteiger partial charge in [0, 0.05) is 0 Å². The molecular weight excluding hydrogens is 113 g/mol. The summed E-state index contributed by atoms with van der Waals surface area (Å²) in [5.41, 5.74) is 0. The Morgan fingerprint density at radius 2 is 2.25 bits per heavy atom. The second-order valence-corrected chi connectivity index (χ2v) is 1.98. The monoisotopic (exact) mass is 119 g/mol. The molecule has 0 unspecified atom stereocenters. The standard InChI is InChI=1S/C2H5GeO/c3-1-2-4/h1H2,3H3. The van der Waals surface area contributed by atoms with Gasteiger partial charge in [-0.05, 0) is 0 Å². The van der Waals surface area contributed by atoms with Gasteiger partial charge >= 0.3 is 32.8 Å². The predicted molar refractivity (Wildman–Crippen MR) is 20.4 cm³/mol. The molecule has 0 saturated heterocycles. The molecule has 0 rings (SSSR count). The van der Waals surface area contributed by atoms with E-state index in [0.29, 0.717) is 21.8 Å². The fourth-order valence-electron chi connectivity index (χ4n) is 0. The van der Waals surface area contributed by atoms with Gasteiger partial charge in [0.1, 0.15) is 0 Å². The van der Waals surface area contributed by atoms with E-state index in [1.807, 2.05) is 0 Å². The Hall–Kier alpha value is 0.213. The van der Waals surface area contributed by atoms with Crippen LogP contribution in [-0.2, 0) is 4.79 Å². The summed E-state index contributed by atoms with van der Waals surface area (Å²) >= 11 is 0.689. The SMILES string of the molecule is O=[C][CH2][GeH3]. The molecule has 0 bridgehead atoms. The van der Waals surface area contributed by atoms with Gasteiger partial charge in [0.05, 0.1) is 0 Å². The first-order valence-corrected chi connectivity index (χ1v) is 4.23. The number of hydrogen-bond acceptors (Lipinski definition) is 1. The molecule has 4 heavy (non-hydrogen) atoms. The molecule has 0 amide bonds. The van der Waals surface area contributed by atoms with Crippen LogP contribution < -0.4 is 0 Å². The Kier molecular flexibility index (Phi) is 3.38. The summed E-state index contributed by atoms with van der Waals surface area (Å²) in [7, 11) is 0. The van der Waals surface area contributed by atoms with Gasteiger partial charge in [0.2, 0.25) is 0 Å². The maximum atomic E-state index is 9.10. The van der Waals surface area contributed by atoms with Crippen LogP contribution in [0.15, 0.2) is 0 Å². The summed E-state index contributed by atoms with van der Waals surface area (Å²) in [4.78, 5) is 9.10. The van der Waals surface area contributed by atoms with Crippen LogP contribution in [0.25, 0.3) is 0 Å². The molecule has 0 heterocycles. The van der Waals surface area contributed by atoms with E-state index in [4.69, 9.17) is 4.79 Å². The number of carbonyl (C=O) groups excluding carboxylic acids is 1. The molecule has 2 heteroatoms. The summed E-state index contributed by atoms with van der Waals surface area (Å²) in [6, 6.07) is 0. The van der Waals surface area contributed by atoms with E-state index < -0.39 is 0 Å². The van der Waals surface area contributed by atoms with E-state index in [1.165, 1.54) is 0 Å². The minimum atomic E-state index is 0.689. The fraction of sp³-hybridized carbons (Fsp3) is 0.500. The van der Waals surface area contributed by atoms with Crippen molar-refractivity contribution in [1.82, 2.24) is 0 Å². The molecule has 0 aromatic heterocycles. The van der Waals surface area contributed by atoms with Crippen molar-refractivity contribution in [2.45, 2.75) is 5.25 Å². The van der Waals surface area contributed by atoms with Crippen molar-refractivity contribution in [2.75, 3.05) is 0 Å². The van der Waals surface area contributed by atoms with Crippen molar-refractivity contribution in [3.8, 4) is 0 Å². The summed E-state index contributed by atoms with van der Waals surface area (Å²) in [6.07, 6.45) is 1.76. The van der Waals surface area contributed by atoms with Crippen LogP contribution in [0, 0.1) is 0 Å². The second kappa shape index (κ2) is 3.21. The van der Waals surface area contributed by atoms with E-state index >= 15 is 0 Å². The molecule has 0 spiro atoms. The average molecular weight is 118 g/mol. The molecule has 0 N–H and O–H groups in total. The van der Waals surface area contributed by atoms with E-state index in [-0.39, 0.29) is 0 Å². The molecule has 23 valence electrons. The molecule has 0 aromatic rings. The van der Waals surface area contributed by atoms with Crippen molar-refractivity contribution in [2.24, 2.45) is 0 Å². The van der Waals surface area contributed by atoms with E-state index in [9.17, 15) is 0 Å². The van der Waals surface area contributed by atoms with Gasteiger partial charge in [-0.15, -0.1) is 0 Å². The van der Waals surface area contributed by atoms with Crippen LogP contribution in [-0.4, -0.2) is 22.8 Å². The molecule has 0 aliphatic rings. The van der Waals surface area contributed by atoms with Crippen LogP contribution in [0.4, 0.5) is 0 Å². The van der Waals surface area contributed by atoms with Crippen molar-refractivity contribution < 1.29 is 4.79 Å². The van der Waals surface area contributed by atoms with Gasteiger partial charge in [0.25, 0.3) is 0 Å². The molecule has 0 fully saturated rings. The molecule has 0 aliphatic carbocycles. The van der Waals surface area contributed by atoms with Crippen LogP contribution >= 0.6 is 0 Å². The van der Waals surface area contributed by atoms with Crippen molar-refractivity contribution in [3.63, 3.8) is 0 Å². The van der Waals surface area contributed by atoms with Crippen LogP contribution in [0.1, 0.15) is 0 Å². The molecule has 0 aromatic carbocycles. The molecule has 1 radical (unpaired) electrons. The molecule has 0 aliphatic heterocycles. The topological polar surface area (TPSA) is 17.1 Å². The number of rotatable bonds is 1. The van der Waals surface area contributed by atoms with Gasteiger partial charge < -0.3 is 0 Å². The van der Waals surface area contributed by atoms with Crippen LogP contribution in [0.3, 0.4) is 0 Å². The first-order valence-electron chi connectivity index (χ1n) is 1.26. The second-order valence-electron chi connectivity index (χ2n) is 0.498. The first-order chi connectivity index (χ1) is 1.91. The van der Waals surface area contributed by atoms with Crippen molar-refractivity contribution in [3.05, 3.63) is 0 Å². The normalized spacial score (nSPS) is 7.00. The van der Waals surface area contributed by atoms with E-state index in [1.54, 1.807) is 6.29 Å². The molecular formula is C2H5GeO. The Morgan fingerprint density at radius 3 is 2.25 bits per heavy atom. The molecule has 0 saturated carbocycles. The average Bonchev–Trinajstić information content (AvgIpc) is 1.37.